The third-order valence-electron chi connectivity index (χ3n) is 2.12. The lowest BCUT2D eigenvalue weighted by molar-refractivity contribution is -0.120. The number of rotatable bonds is 6. The van der Waals surface area contributed by atoms with Crippen molar-refractivity contribution in [1.29, 1.82) is 0 Å². The SMILES string of the molecule is CCNC(=O)CCNc1snc(N)c1C(=O)OC. The molecule has 4 N–H and O–H groups in total. The summed E-state index contributed by atoms with van der Waals surface area (Å²) in [6.45, 7) is 2.85. The van der Waals surface area contributed by atoms with Crippen LogP contribution in [0.2, 0.25) is 0 Å². The summed E-state index contributed by atoms with van der Waals surface area (Å²) >= 11 is 1.07. The van der Waals surface area contributed by atoms with Crippen molar-refractivity contribution in [3.05, 3.63) is 5.56 Å². The molecule has 0 radical (unpaired) electrons. The van der Waals surface area contributed by atoms with Crippen LogP contribution in [0.4, 0.5) is 10.8 Å². The number of hydrogen-bond acceptors (Lipinski definition) is 7. The molecule has 1 aromatic heterocycles. The van der Waals surface area contributed by atoms with E-state index in [1.54, 1.807) is 0 Å². The topological polar surface area (TPSA) is 106 Å². The highest BCUT2D eigenvalue weighted by Crippen LogP contribution is 2.27. The van der Waals surface area contributed by atoms with E-state index in [9.17, 15) is 9.59 Å². The summed E-state index contributed by atoms with van der Waals surface area (Å²) in [6.07, 6.45) is 0.312. The minimum Gasteiger partial charge on any atom is -0.465 e. The molecule has 0 fully saturated rings. The smallest absolute Gasteiger partial charge is 0.344 e. The molecular formula is C10H16N4O3S. The van der Waals surface area contributed by atoms with Crippen LogP contribution in [0.3, 0.4) is 0 Å². The van der Waals surface area contributed by atoms with Crippen LogP contribution in [-0.4, -0.2) is 36.4 Å². The van der Waals surface area contributed by atoms with E-state index in [2.05, 4.69) is 19.7 Å². The van der Waals surface area contributed by atoms with Gasteiger partial charge in [0.2, 0.25) is 5.91 Å². The first-order chi connectivity index (χ1) is 8.60. The Morgan fingerprint density at radius 3 is 2.83 bits per heavy atom. The van der Waals surface area contributed by atoms with Gasteiger partial charge in [0, 0.05) is 19.5 Å². The van der Waals surface area contributed by atoms with Gasteiger partial charge < -0.3 is 21.1 Å². The molecule has 0 aliphatic carbocycles. The second-order valence-corrected chi connectivity index (χ2v) is 4.17. The molecule has 0 bridgehead atoms. The van der Waals surface area contributed by atoms with E-state index in [0.717, 1.165) is 11.5 Å². The Labute approximate surface area is 109 Å². The molecule has 0 unspecified atom stereocenters. The largest absolute Gasteiger partial charge is 0.465 e. The van der Waals surface area contributed by atoms with E-state index in [-0.39, 0.29) is 17.3 Å². The summed E-state index contributed by atoms with van der Waals surface area (Å²) in [5, 5.41) is 6.15. The van der Waals surface area contributed by atoms with Crippen molar-refractivity contribution in [2.45, 2.75) is 13.3 Å². The first-order valence-electron chi connectivity index (χ1n) is 5.44. The molecule has 8 heteroatoms. The van der Waals surface area contributed by atoms with Crippen LogP contribution in [0, 0.1) is 0 Å². The molecule has 1 heterocycles. The number of carbonyl (C=O) groups is 2. The highest BCUT2D eigenvalue weighted by molar-refractivity contribution is 7.11. The van der Waals surface area contributed by atoms with Gasteiger partial charge in [0.1, 0.15) is 10.6 Å². The Bertz CT molecular complexity index is 433. The summed E-state index contributed by atoms with van der Waals surface area (Å²) in [5.41, 5.74) is 5.80. The molecule has 18 heavy (non-hydrogen) atoms. The molecule has 0 aliphatic rings. The summed E-state index contributed by atoms with van der Waals surface area (Å²) in [7, 11) is 1.28. The number of esters is 1. The van der Waals surface area contributed by atoms with E-state index < -0.39 is 5.97 Å². The maximum absolute atomic E-state index is 11.5. The number of nitrogen functional groups attached to an aromatic ring is 1. The lowest BCUT2D eigenvalue weighted by atomic mass is 10.3. The normalized spacial score (nSPS) is 9.89. The molecule has 1 aromatic rings. The van der Waals surface area contributed by atoms with Crippen molar-refractivity contribution >= 4 is 34.2 Å². The zero-order valence-electron chi connectivity index (χ0n) is 10.3. The number of nitrogens with two attached hydrogens (primary N) is 1. The number of carbonyl (C=O) groups excluding carboxylic acids is 2. The zero-order valence-corrected chi connectivity index (χ0v) is 11.1. The second kappa shape index (κ2) is 6.80. The minimum absolute atomic E-state index is 0.0536. The average molecular weight is 272 g/mol. The Balaban J connectivity index is 2.57. The van der Waals surface area contributed by atoms with E-state index in [0.29, 0.717) is 24.5 Å². The maximum Gasteiger partial charge on any atom is 0.344 e. The van der Waals surface area contributed by atoms with Gasteiger partial charge >= 0.3 is 5.97 Å². The summed E-state index contributed by atoms with van der Waals surface area (Å²) < 4.78 is 8.49. The third kappa shape index (κ3) is 3.59. The molecular weight excluding hydrogens is 256 g/mol. The predicted molar refractivity (Wildman–Crippen MR) is 69.7 cm³/mol. The van der Waals surface area contributed by atoms with Crippen molar-refractivity contribution in [3.8, 4) is 0 Å². The molecule has 0 aromatic carbocycles. The first-order valence-corrected chi connectivity index (χ1v) is 6.21. The Morgan fingerprint density at radius 2 is 2.22 bits per heavy atom. The van der Waals surface area contributed by atoms with E-state index in [4.69, 9.17) is 5.73 Å². The number of methoxy groups -OCH3 is 1. The fraction of sp³-hybridized carbons (Fsp3) is 0.500. The third-order valence-corrected chi connectivity index (χ3v) is 2.94. The monoisotopic (exact) mass is 272 g/mol. The highest BCUT2D eigenvalue weighted by atomic mass is 32.1. The summed E-state index contributed by atoms with van der Waals surface area (Å²) in [6, 6.07) is 0. The number of amides is 1. The van der Waals surface area contributed by atoms with Crippen molar-refractivity contribution < 1.29 is 14.3 Å². The zero-order chi connectivity index (χ0) is 13.5. The fourth-order valence-corrected chi connectivity index (χ4v) is 2.02. The van der Waals surface area contributed by atoms with E-state index in [1.807, 2.05) is 6.92 Å². The second-order valence-electron chi connectivity index (χ2n) is 3.39. The number of nitrogens with one attached hydrogen (secondary N) is 2. The van der Waals surface area contributed by atoms with Crippen molar-refractivity contribution in [2.75, 3.05) is 31.2 Å². The van der Waals surface area contributed by atoms with Gasteiger partial charge in [-0.3, -0.25) is 4.79 Å². The van der Waals surface area contributed by atoms with Gasteiger partial charge in [-0.1, -0.05) is 0 Å². The van der Waals surface area contributed by atoms with Crippen molar-refractivity contribution in [2.24, 2.45) is 0 Å². The van der Waals surface area contributed by atoms with Gasteiger partial charge in [-0.15, -0.1) is 0 Å². The van der Waals surface area contributed by atoms with E-state index in [1.165, 1.54) is 7.11 Å². The molecule has 1 amide bonds. The lowest BCUT2D eigenvalue weighted by Crippen LogP contribution is -2.24. The number of anilines is 2. The minimum atomic E-state index is -0.540. The number of ether oxygens (including phenoxy) is 1. The van der Waals surface area contributed by atoms with Crippen LogP contribution in [0.5, 0.6) is 0 Å². The molecule has 0 saturated heterocycles. The average Bonchev–Trinajstić information content (AvgIpc) is 2.70. The summed E-state index contributed by atoms with van der Waals surface area (Å²) in [5.74, 6) is -0.462. The van der Waals surface area contributed by atoms with Gasteiger partial charge in [-0.25, -0.2) is 4.79 Å². The predicted octanol–water partition coefficient (Wildman–Crippen LogP) is 0.450. The van der Waals surface area contributed by atoms with Crippen molar-refractivity contribution in [1.82, 2.24) is 9.69 Å². The highest BCUT2D eigenvalue weighted by Gasteiger charge is 2.19. The summed E-state index contributed by atoms with van der Waals surface area (Å²) in [4.78, 5) is 22.7. The van der Waals surface area contributed by atoms with Crippen LogP contribution in [0.15, 0.2) is 0 Å². The molecule has 7 nitrogen and oxygen atoms in total. The lowest BCUT2D eigenvalue weighted by Gasteiger charge is -2.05. The van der Waals surface area contributed by atoms with Crippen LogP contribution in [0.1, 0.15) is 23.7 Å². The van der Waals surface area contributed by atoms with Crippen molar-refractivity contribution in [3.63, 3.8) is 0 Å². The van der Waals surface area contributed by atoms with Gasteiger partial charge in [0.05, 0.1) is 7.11 Å². The maximum atomic E-state index is 11.5. The fourth-order valence-electron chi connectivity index (χ4n) is 1.30. The number of nitrogens with zero attached hydrogens (tertiary/aromatic N) is 1. The Hall–Kier alpha value is -1.83. The first kappa shape index (κ1) is 14.2. The molecule has 0 saturated carbocycles. The number of hydrogen-bond donors (Lipinski definition) is 3. The molecule has 0 spiro atoms. The quantitative estimate of drug-likeness (QED) is 0.649. The van der Waals surface area contributed by atoms with Gasteiger partial charge in [-0.05, 0) is 18.5 Å². The van der Waals surface area contributed by atoms with Gasteiger partial charge in [0.25, 0.3) is 0 Å². The standard InChI is InChI=1S/C10H16N4O3S/c1-3-12-6(15)4-5-13-9-7(10(16)17-2)8(11)14-18-9/h13H,3-5H2,1-2H3,(H2,11,14)(H,12,15). The number of aromatic nitrogens is 1. The van der Waals surface area contributed by atoms with Crippen LogP contribution in [-0.2, 0) is 9.53 Å². The van der Waals surface area contributed by atoms with Crippen LogP contribution >= 0.6 is 11.5 Å². The van der Waals surface area contributed by atoms with Gasteiger partial charge in [0.15, 0.2) is 5.82 Å². The van der Waals surface area contributed by atoms with E-state index >= 15 is 0 Å². The molecule has 0 aliphatic heterocycles. The molecule has 100 valence electrons. The molecule has 0 atom stereocenters. The Kier molecular flexibility index (Phi) is 5.37. The Morgan fingerprint density at radius 1 is 1.50 bits per heavy atom. The van der Waals surface area contributed by atoms with Crippen LogP contribution < -0.4 is 16.4 Å². The van der Waals surface area contributed by atoms with Crippen LogP contribution in [0.25, 0.3) is 0 Å². The van der Waals surface area contributed by atoms with Gasteiger partial charge in [-0.2, -0.15) is 4.37 Å². The molecule has 1 rings (SSSR count).